The van der Waals surface area contributed by atoms with Gasteiger partial charge in [-0.3, -0.25) is 4.79 Å². The van der Waals surface area contributed by atoms with E-state index in [9.17, 15) is 4.79 Å². The number of hydrogen-bond donors (Lipinski definition) is 0. The van der Waals surface area contributed by atoms with Crippen molar-refractivity contribution in [1.29, 1.82) is 0 Å². The molecule has 1 amide bonds. The predicted octanol–water partition coefficient (Wildman–Crippen LogP) is -1.42. The molecule has 1 unspecified atom stereocenters. The second-order valence-electron chi connectivity index (χ2n) is 2.92. The maximum Gasteiger partial charge on any atom is 0.210 e. The van der Waals surface area contributed by atoms with Gasteiger partial charge in [-0.1, -0.05) is 19.1 Å². The summed E-state index contributed by atoms with van der Waals surface area (Å²) in [5, 5.41) is 0. The molecule has 0 radical (unpaired) electrons. The van der Waals surface area contributed by atoms with Crippen LogP contribution in [0.3, 0.4) is 0 Å². The quantitative estimate of drug-likeness (QED) is 0.392. The van der Waals surface area contributed by atoms with E-state index in [0.29, 0.717) is 6.04 Å². The minimum Gasteiger partial charge on any atom is -1.00 e. The average molecular weight is 189 g/mol. The highest BCUT2D eigenvalue weighted by Gasteiger charge is 2.14. The van der Waals surface area contributed by atoms with Crippen LogP contribution in [0.25, 0.3) is 0 Å². The molecule has 1 rings (SSSR count). The molecule has 0 aliphatic heterocycles. The van der Waals surface area contributed by atoms with E-state index in [4.69, 9.17) is 0 Å². The number of carbonyl (C=O) groups excluding carboxylic acids is 1. The lowest BCUT2D eigenvalue weighted by Gasteiger charge is -2.22. The molecule has 2 nitrogen and oxygen atoms in total. The highest BCUT2D eigenvalue weighted by atomic mass is 35.5. The lowest BCUT2D eigenvalue weighted by molar-refractivity contribution is -0.119. The zero-order valence-electron chi connectivity index (χ0n) is 7.37. The number of halogens is 1. The summed E-state index contributed by atoms with van der Waals surface area (Å²) < 4.78 is 0. The lowest BCUT2D eigenvalue weighted by atomic mass is 10.2. The topological polar surface area (TPSA) is 20.3 Å². The highest BCUT2D eigenvalue weighted by Crippen LogP contribution is 2.14. The molecule has 0 aromatic rings. The lowest BCUT2D eigenvalue weighted by Crippen LogP contribution is -3.00. The minimum absolute atomic E-state index is 0. The summed E-state index contributed by atoms with van der Waals surface area (Å²) in [6, 6.07) is 0.382. The van der Waals surface area contributed by atoms with Crippen molar-refractivity contribution in [1.82, 2.24) is 4.90 Å². The van der Waals surface area contributed by atoms with E-state index in [2.05, 4.69) is 19.1 Å². The summed E-state index contributed by atoms with van der Waals surface area (Å²) in [7, 11) is 0. The van der Waals surface area contributed by atoms with Crippen LogP contribution in [0.2, 0.25) is 0 Å². The van der Waals surface area contributed by atoms with Gasteiger partial charge >= 0.3 is 0 Å². The first-order valence-corrected chi connectivity index (χ1v) is 4.26. The Morgan fingerprint density at radius 3 is 2.83 bits per heavy atom. The fourth-order valence-corrected chi connectivity index (χ4v) is 1.45. The Morgan fingerprint density at radius 1 is 1.67 bits per heavy atom. The SMILES string of the molecule is CCCN(C=O)C1C=CCC1.[Cl-]. The Kier molecular flexibility index (Phi) is 5.81. The van der Waals surface area contributed by atoms with Crippen LogP contribution in [0.5, 0.6) is 0 Å². The van der Waals surface area contributed by atoms with E-state index in [1.54, 1.807) is 0 Å². The highest BCUT2D eigenvalue weighted by molar-refractivity contribution is 5.48. The summed E-state index contributed by atoms with van der Waals surface area (Å²) in [5.41, 5.74) is 0. The number of rotatable bonds is 4. The van der Waals surface area contributed by atoms with Gasteiger partial charge in [0.2, 0.25) is 6.41 Å². The van der Waals surface area contributed by atoms with Crippen molar-refractivity contribution in [3.63, 3.8) is 0 Å². The van der Waals surface area contributed by atoms with E-state index >= 15 is 0 Å². The smallest absolute Gasteiger partial charge is 0.210 e. The molecular formula is C9H15ClNO-. The predicted molar refractivity (Wildman–Crippen MR) is 45.2 cm³/mol. The Morgan fingerprint density at radius 2 is 2.42 bits per heavy atom. The van der Waals surface area contributed by atoms with Crippen LogP contribution >= 0.6 is 0 Å². The van der Waals surface area contributed by atoms with E-state index in [-0.39, 0.29) is 12.4 Å². The van der Waals surface area contributed by atoms with E-state index in [0.717, 1.165) is 32.2 Å². The van der Waals surface area contributed by atoms with Crippen molar-refractivity contribution in [2.24, 2.45) is 0 Å². The molecule has 0 aromatic carbocycles. The first-order chi connectivity index (χ1) is 5.38. The largest absolute Gasteiger partial charge is 1.00 e. The van der Waals surface area contributed by atoms with Crippen LogP contribution in [0.4, 0.5) is 0 Å². The van der Waals surface area contributed by atoms with Crippen molar-refractivity contribution >= 4 is 6.41 Å². The number of allylic oxidation sites excluding steroid dienone is 1. The molecule has 1 aliphatic carbocycles. The van der Waals surface area contributed by atoms with Gasteiger partial charge in [-0.25, -0.2) is 0 Å². The van der Waals surface area contributed by atoms with Crippen molar-refractivity contribution in [2.45, 2.75) is 32.2 Å². The van der Waals surface area contributed by atoms with Gasteiger partial charge in [0.15, 0.2) is 0 Å². The van der Waals surface area contributed by atoms with Gasteiger partial charge in [0.1, 0.15) is 0 Å². The van der Waals surface area contributed by atoms with Gasteiger partial charge in [-0.15, -0.1) is 0 Å². The molecule has 0 aromatic heterocycles. The van der Waals surface area contributed by atoms with Gasteiger partial charge in [0.25, 0.3) is 0 Å². The fraction of sp³-hybridized carbons (Fsp3) is 0.667. The molecule has 0 saturated heterocycles. The van der Waals surface area contributed by atoms with Crippen LogP contribution < -0.4 is 12.4 Å². The molecule has 0 saturated carbocycles. The van der Waals surface area contributed by atoms with Crippen LogP contribution in [0, 0.1) is 0 Å². The third-order valence-corrected chi connectivity index (χ3v) is 2.03. The Bertz CT molecular complexity index is 159. The van der Waals surface area contributed by atoms with E-state index in [1.807, 2.05) is 4.90 Å². The van der Waals surface area contributed by atoms with Crippen molar-refractivity contribution in [2.75, 3.05) is 6.54 Å². The Balaban J connectivity index is 0.00000121. The van der Waals surface area contributed by atoms with Crippen LogP contribution in [0.1, 0.15) is 26.2 Å². The molecule has 3 heteroatoms. The zero-order chi connectivity index (χ0) is 8.10. The third-order valence-electron chi connectivity index (χ3n) is 2.03. The second-order valence-corrected chi connectivity index (χ2v) is 2.92. The molecule has 0 fully saturated rings. The zero-order valence-corrected chi connectivity index (χ0v) is 8.13. The first-order valence-electron chi connectivity index (χ1n) is 4.26. The van der Waals surface area contributed by atoms with Gasteiger partial charge in [-0.2, -0.15) is 0 Å². The molecular weight excluding hydrogens is 174 g/mol. The maximum absolute atomic E-state index is 10.6. The van der Waals surface area contributed by atoms with Crippen molar-refractivity contribution < 1.29 is 17.2 Å². The monoisotopic (exact) mass is 188 g/mol. The number of amides is 1. The van der Waals surface area contributed by atoms with Crippen LogP contribution in [0.15, 0.2) is 12.2 Å². The third kappa shape index (κ3) is 2.86. The first kappa shape index (κ1) is 11.5. The maximum atomic E-state index is 10.6. The van der Waals surface area contributed by atoms with Crippen molar-refractivity contribution in [3.05, 3.63) is 12.2 Å². The normalized spacial score (nSPS) is 20.2. The molecule has 1 aliphatic rings. The van der Waals surface area contributed by atoms with Gasteiger partial charge in [0, 0.05) is 12.6 Å². The molecule has 0 N–H and O–H groups in total. The average Bonchev–Trinajstić information content (AvgIpc) is 2.52. The summed E-state index contributed by atoms with van der Waals surface area (Å²) in [5.74, 6) is 0. The molecule has 12 heavy (non-hydrogen) atoms. The second kappa shape index (κ2) is 6.06. The number of nitrogens with zero attached hydrogens (tertiary/aromatic N) is 1. The molecule has 0 spiro atoms. The van der Waals surface area contributed by atoms with Gasteiger partial charge < -0.3 is 17.3 Å². The standard InChI is InChI=1S/C9H15NO.ClH/c1-2-7-10(8-11)9-5-3-4-6-9;/h3,5,8-9H,2,4,6-7H2,1H3;1H/p-1. The van der Waals surface area contributed by atoms with Gasteiger partial charge in [-0.05, 0) is 19.3 Å². The Hall–Kier alpha value is -0.500. The van der Waals surface area contributed by atoms with Crippen molar-refractivity contribution in [3.8, 4) is 0 Å². The van der Waals surface area contributed by atoms with E-state index in [1.165, 1.54) is 0 Å². The molecule has 1 atom stereocenters. The molecule has 70 valence electrons. The Labute approximate surface area is 80.0 Å². The summed E-state index contributed by atoms with van der Waals surface area (Å²) in [4.78, 5) is 12.5. The van der Waals surface area contributed by atoms with Crippen LogP contribution in [-0.4, -0.2) is 23.9 Å². The molecule has 0 heterocycles. The fourth-order valence-electron chi connectivity index (χ4n) is 1.45. The van der Waals surface area contributed by atoms with Gasteiger partial charge in [0.05, 0.1) is 0 Å². The van der Waals surface area contributed by atoms with Crippen LogP contribution in [-0.2, 0) is 4.79 Å². The summed E-state index contributed by atoms with van der Waals surface area (Å²) in [6.07, 6.45) is 8.52. The minimum atomic E-state index is 0. The number of hydrogen-bond acceptors (Lipinski definition) is 1. The number of carbonyl (C=O) groups is 1. The summed E-state index contributed by atoms with van der Waals surface area (Å²) >= 11 is 0. The van der Waals surface area contributed by atoms with E-state index < -0.39 is 0 Å². The summed E-state index contributed by atoms with van der Waals surface area (Å²) in [6.45, 7) is 2.98. The molecule has 0 bridgehead atoms.